The van der Waals surface area contributed by atoms with Crippen LogP contribution in [0.4, 0.5) is 0 Å². The van der Waals surface area contributed by atoms with E-state index < -0.39 is 0 Å². The van der Waals surface area contributed by atoms with Gasteiger partial charge in [-0.25, -0.2) is 0 Å². The van der Waals surface area contributed by atoms with E-state index in [2.05, 4.69) is 20.9 Å². The maximum atomic E-state index is 11.8. The summed E-state index contributed by atoms with van der Waals surface area (Å²) in [6.45, 7) is 6.63. The molecule has 1 amide bonds. The molecular formula is C16H27IN4O2. The summed E-state index contributed by atoms with van der Waals surface area (Å²) in [7, 11) is 3.31. The molecule has 0 unspecified atom stereocenters. The Labute approximate surface area is 155 Å². The molecule has 7 heteroatoms. The van der Waals surface area contributed by atoms with Gasteiger partial charge in [-0.15, -0.1) is 24.0 Å². The number of guanidine groups is 1. The van der Waals surface area contributed by atoms with Gasteiger partial charge >= 0.3 is 0 Å². The molecule has 0 fully saturated rings. The van der Waals surface area contributed by atoms with Gasteiger partial charge in [0.2, 0.25) is 5.91 Å². The van der Waals surface area contributed by atoms with Crippen LogP contribution in [0.25, 0.3) is 0 Å². The largest absolute Gasteiger partial charge is 0.497 e. The molecule has 0 atom stereocenters. The highest BCUT2D eigenvalue weighted by Crippen LogP contribution is 2.10. The highest BCUT2D eigenvalue weighted by Gasteiger charge is 2.13. The van der Waals surface area contributed by atoms with Crippen molar-refractivity contribution in [3.8, 4) is 5.75 Å². The first-order valence-corrected chi connectivity index (χ1v) is 7.22. The van der Waals surface area contributed by atoms with Crippen molar-refractivity contribution < 1.29 is 9.53 Å². The van der Waals surface area contributed by atoms with E-state index in [1.165, 1.54) is 0 Å². The van der Waals surface area contributed by atoms with Gasteiger partial charge in [-0.1, -0.05) is 12.1 Å². The second-order valence-corrected chi connectivity index (χ2v) is 5.93. The van der Waals surface area contributed by atoms with E-state index in [4.69, 9.17) is 4.74 Å². The molecule has 0 spiro atoms. The van der Waals surface area contributed by atoms with Crippen molar-refractivity contribution in [3.05, 3.63) is 29.8 Å². The Morgan fingerprint density at radius 2 is 1.78 bits per heavy atom. The molecule has 0 aliphatic heterocycles. The summed E-state index contributed by atoms with van der Waals surface area (Å²) in [4.78, 5) is 15.8. The van der Waals surface area contributed by atoms with E-state index in [1.54, 1.807) is 14.2 Å². The predicted octanol–water partition coefficient (Wildman–Crippen LogP) is 1.89. The van der Waals surface area contributed by atoms with Crippen molar-refractivity contribution in [2.45, 2.75) is 32.9 Å². The molecule has 0 aliphatic carbocycles. The quantitative estimate of drug-likeness (QED) is 0.376. The van der Waals surface area contributed by atoms with E-state index in [9.17, 15) is 4.79 Å². The van der Waals surface area contributed by atoms with E-state index in [-0.39, 0.29) is 42.0 Å². The Morgan fingerprint density at radius 3 is 2.26 bits per heavy atom. The molecule has 0 saturated heterocycles. The maximum absolute atomic E-state index is 11.8. The summed E-state index contributed by atoms with van der Waals surface area (Å²) in [5.74, 6) is 1.34. The van der Waals surface area contributed by atoms with E-state index in [1.807, 2.05) is 45.0 Å². The number of nitrogens with zero attached hydrogens (tertiary/aromatic N) is 1. The number of ether oxygens (including phenoxy) is 1. The first kappa shape index (κ1) is 21.5. The van der Waals surface area contributed by atoms with Gasteiger partial charge in [-0.2, -0.15) is 0 Å². The van der Waals surface area contributed by atoms with Crippen molar-refractivity contribution >= 4 is 35.8 Å². The zero-order chi connectivity index (χ0) is 16.6. The number of halogens is 1. The lowest BCUT2D eigenvalue weighted by Gasteiger charge is -2.21. The fourth-order valence-electron chi connectivity index (χ4n) is 1.78. The number of rotatable bonds is 5. The second kappa shape index (κ2) is 10.3. The Kier molecular flexibility index (Phi) is 9.62. The zero-order valence-electron chi connectivity index (χ0n) is 14.4. The lowest BCUT2D eigenvalue weighted by molar-refractivity contribution is -0.121. The summed E-state index contributed by atoms with van der Waals surface area (Å²) < 4.78 is 5.12. The van der Waals surface area contributed by atoms with Gasteiger partial charge in [0.05, 0.1) is 13.7 Å². The van der Waals surface area contributed by atoms with Crippen molar-refractivity contribution in [2.75, 3.05) is 20.7 Å². The maximum Gasteiger partial charge on any atom is 0.239 e. The molecule has 0 saturated carbocycles. The summed E-state index contributed by atoms with van der Waals surface area (Å²) in [5, 5.41) is 9.03. The molecule has 0 aliphatic rings. The molecule has 1 aromatic rings. The fraction of sp³-hybridized carbons (Fsp3) is 0.500. The predicted molar refractivity (Wildman–Crippen MR) is 105 cm³/mol. The number of amides is 1. The minimum absolute atomic E-state index is 0. The number of benzene rings is 1. The van der Waals surface area contributed by atoms with Gasteiger partial charge in [0, 0.05) is 19.1 Å². The lowest BCUT2D eigenvalue weighted by atomic mass is 10.1. The molecule has 0 radical (unpaired) electrons. The Hall–Kier alpha value is -1.51. The second-order valence-electron chi connectivity index (χ2n) is 5.93. The normalized spacial score (nSPS) is 11.3. The number of nitrogens with one attached hydrogen (secondary N) is 3. The Morgan fingerprint density at radius 1 is 1.17 bits per heavy atom. The van der Waals surface area contributed by atoms with Crippen LogP contribution >= 0.6 is 24.0 Å². The fourth-order valence-corrected chi connectivity index (χ4v) is 1.78. The van der Waals surface area contributed by atoms with E-state index in [0.29, 0.717) is 12.5 Å². The van der Waals surface area contributed by atoms with Crippen LogP contribution in [0.2, 0.25) is 0 Å². The summed E-state index contributed by atoms with van der Waals surface area (Å²) in [5.41, 5.74) is 0.863. The van der Waals surface area contributed by atoms with Crippen LogP contribution in [0.1, 0.15) is 26.3 Å². The first-order chi connectivity index (χ1) is 10.3. The smallest absolute Gasteiger partial charge is 0.239 e. The van der Waals surface area contributed by atoms with Crippen molar-refractivity contribution in [2.24, 2.45) is 4.99 Å². The molecule has 0 bridgehead atoms. The van der Waals surface area contributed by atoms with Crippen LogP contribution in [0.15, 0.2) is 29.3 Å². The molecule has 0 heterocycles. The molecule has 0 aromatic heterocycles. The first-order valence-electron chi connectivity index (χ1n) is 7.22. The van der Waals surface area contributed by atoms with Crippen LogP contribution in [-0.2, 0) is 11.3 Å². The van der Waals surface area contributed by atoms with Gasteiger partial charge < -0.3 is 20.7 Å². The minimum atomic E-state index is -0.237. The van der Waals surface area contributed by atoms with Crippen LogP contribution in [0.3, 0.4) is 0 Å². The van der Waals surface area contributed by atoms with Gasteiger partial charge in [-0.05, 0) is 38.5 Å². The lowest BCUT2D eigenvalue weighted by Crippen LogP contribution is -2.48. The number of carbonyl (C=O) groups excluding carboxylic acids is 1. The molecule has 1 rings (SSSR count). The molecule has 1 aromatic carbocycles. The molecule has 3 N–H and O–H groups in total. The zero-order valence-corrected chi connectivity index (χ0v) is 16.7. The molecule has 23 heavy (non-hydrogen) atoms. The SMILES string of the molecule is CN=C(NCC(=O)NC(C)(C)C)NCc1ccc(OC)cc1.I. The molecule has 130 valence electrons. The van der Waals surface area contributed by atoms with Crippen LogP contribution in [0.5, 0.6) is 5.75 Å². The highest BCUT2D eigenvalue weighted by molar-refractivity contribution is 14.0. The third-order valence-corrected chi connectivity index (χ3v) is 2.77. The Bertz CT molecular complexity index is 510. The Balaban J connectivity index is 0.00000484. The van der Waals surface area contributed by atoms with Crippen LogP contribution in [0, 0.1) is 0 Å². The standard InChI is InChI=1S/C16H26N4O2.HI/c1-16(2,3)20-14(21)11-19-15(17-4)18-10-12-6-8-13(22-5)9-7-12;/h6-9H,10-11H2,1-5H3,(H,20,21)(H2,17,18,19);1H. The number of carbonyl (C=O) groups is 1. The summed E-state index contributed by atoms with van der Waals surface area (Å²) in [6.07, 6.45) is 0. The van der Waals surface area contributed by atoms with Gasteiger partial charge in [0.15, 0.2) is 5.96 Å². The molecule has 6 nitrogen and oxygen atoms in total. The van der Waals surface area contributed by atoms with Crippen LogP contribution in [-0.4, -0.2) is 38.1 Å². The molecular weight excluding hydrogens is 407 g/mol. The van der Waals surface area contributed by atoms with Gasteiger partial charge in [0.1, 0.15) is 5.75 Å². The summed E-state index contributed by atoms with van der Waals surface area (Å²) >= 11 is 0. The monoisotopic (exact) mass is 434 g/mol. The minimum Gasteiger partial charge on any atom is -0.497 e. The third-order valence-electron chi connectivity index (χ3n) is 2.77. The number of methoxy groups -OCH3 is 1. The number of aliphatic imine (C=N–C) groups is 1. The van der Waals surface area contributed by atoms with Crippen molar-refractivity contribution in [3.63, 3.8) is 0 Å². The van der Waals surface area contributed by atoms with Crippen LogP contribution < -0.4 is 20.7 Å². The number of hydrogen-bond donors (Lipinski definition) is 3. The highest BCUT2D eigenvalue weighted by atomic mass is 127. The van der Waals surface area contributed by atoms with E-state index >= 15 is 0 Å². The van der Waals surface area contributed by atoms with Gasteiger partial charge in [0.25, 0.3) is 0 Å². The van der Waals surface area contributed by atoms with Crippen molar-refractivity contribution in [1.29, 1.82) is 0 Å². The van der Waals surface area contributed by atoms with Crippen molar-refractivity contribution in [1.82, 2.24) is 16.0 Å². The van der Waals surface area contributed by atoms with Gasteiger partial charge in [-0.3, -0.25) is 9.79 Å². The average Bonchev–Trinajstić information content (AvgIpc) is 2.46. The number of hydrogen-bond acceptors (Lipinski definition) is 3. The summed E-state index contributed by atoms with van der Waals surface area (Å²) in [6, 6.07) is 7.77. The van der Waals surface area contributed by atoms with E-state index in [0.717, 1.165) is 11.3 Å². The topological polar surface area (TPSA) is 74.8 Å². The third kappa shape index (κ3) is 9.27. The average molecular weight is 434 g/mol.